The maximum atomic E-state index is 11.8. The Morgan fingerprint density at radius 3 is 2.70 bits per heavy atom. The summed E-state index contributed by atoms with van der Waals surface area (Å²) in [4.78, 5) is 11.8. The van der Waals surface area contributed by atoms with Gasteiger partial charge in [-0.05, 0) is 18.2 Å². The van der Waals surface area contributed by atoms with Gasteiger partial charge < -0.3 is 15.0 Å². The highest BCUT2D eigenvalue weighted by molar-refractivity contribution is 5.95. The van der Waals surface area contributed by atoms with E-state index in [2.05, 4.69) is 4.74 Å². The van der Waals surface area contributed by atoms with Crippen LogP contribution in [0.5, 0.6) is 0 Å². The molecule has 0 aliphatic heterocycles. The van der Waals surface area contributed by atoms with Crippen molar-refractivity contribution in [1.29, 1.82) is 10.5 Å². The van der Waals surface area contributed by atoms with Gasteiger partial charge in [-0.3, -0.25) is 0 Å². The molecule has 0 radical (unpaired) electrons. The standard InChI is InChI=1S/C14H10N4O2/c1-20-14(19)13-12(17)10(7-16)8-18(13)11-4-2-3-9(5-11)6-15/h2-5,8H,17H2,1H3. The number of esters is 1. The van der Waals surface area contributed by atoms with E-state index < -0.39 is 5.97 Å². The van der Waals surface area contributed by atoms with Gasteiger partial charge in [-0.2, -0.15) is 10.5 Å². The molecule has 2 rings (SSSR count). The summed E-state index contributed by atoms with van der Waals surface area (Å²) in [6.45, 7) is 0. The molecule has 1 heterocycles. The third-order valence-corrected chi connectivity index (χ3v) is 2.80. The summed E-state index contributed by atoms with van der Waals surface area (Å²) < 4.78 is 6.12. The first-order valence-electron chi connectivity index (χ1n) is 5.62. The largest absolute Gasteiger partial charge is 0.464 e. The highest BCUT2D eigenvalue weighted by atomic mass is 16.5. The molecule has 0 aliphatic rings. The second kappa shape index (κ2) is 5.17. The molecule has 2 N–H and O–H groups in total. The Kier molecular flexibility index (Phi) is 3.41. The zero-order chi connectivity index (χ0) is 14.7. The predicted molar refractivity (Wildman–Crippen MR) is 71.0 cm³/mol. The number of ether oxygens (including phenoxy) is 1. The van der Waals surface area contributed by atoms with Crippen molar-refractivity contribution in [3.63, 3.8) is 0 Å². The Hall–Kier alpha value is -3.25. The number of hydrogen-bond donors (Lipinski definition) is 1. The van der Waals surface area contributed by atoms with Crippen LogP contribution in [0.4, 0.5) is 5.69 Å². The van der Waals surface area contributed by atoms with Crippen LogP contribution in [0.2, 0.25) is 0 Å². The van der Waals surface area contributed by atoms with Gasteiger partial charge in [0.05, 0.1) is 30.0 Å². The molecule has 0 spiro atoms. The molecule has 6 heteroatoms. The minimum Gasteiger partial charge on any atom is -0.464 e. The summed E-state index contributed by atoms with van der Waals surface area (Å²) >= 11 is 0. The summed E-state index contributed by atoms with van der Waals surface area (Å²) in [5.74, 6) is -0.647. The third kappa shape index (κ3) is 2.06. The van der Waals surface area contributed by atoms with Crippen LogP contribution < -0.4 is 5.73 Å². The number of rotatable bonds is 2. The monoisotopic (exact) mass is 266 g/mol. The van der Waals surface area contributed by atoms with Crippen LogP contribution in [0.25, 0.3) is 5.69 Å². The van der Waals surface area contributed by atoms with Gasteiger partial charge in [0.2, 0.25) is 0 Å². The van der Waals surface area contributed by atoms with Crippen LogP contribution in [-0.4, -0.2) is 17.6 Å². The molecule has 0 bridgehead atoms. The van der Waals surface area contributed by atoms with Crippen molar-refractivity contribution in [3.05, 3.63) is 47.3 Å². The van der Waals surface area contributed by atoms with Gasteiger partial charge in [-0.15, -0.1) is 0 Å². The zero-order valence-electron chi connectivity index (χ0n) is 10.6. The highest BCUT2D eigenvalue weighted by Crippen LogP contribution is 2.24. The first-order valence-corrected chi connectivity index (χ1v) is 5.62. The molecule has 20 heavy (non-hydrogen) atoms. The lowest BCUT2D eigenvalue weighted by Crippen LogP contribution is -2.11. The molecule has 0 saturated carbocycles. The summed E-state index contributed by atoms with van der Waals surface area (Å²) in [6, 6.07) is 10.5. The number of aromatic nitrogens is 1. The Labute approximate surface area is 115 Å². The van der Waals surface area contributed by atoms with Gasteiger partial charge in [-0.25, -0.2) is 4.79 Å². The molecule has 1 aromatic carbocycles. The SMILES string of the molecule is COC(=O)c1c(N)c(C#N)cn1-c1cccc(C#N)c1. The molecular weight excluding hydrogens is 256 g/mol. The Bertz CT molecular complexity index is 762. The third-order valence-electron chi connectivity index (χ3n) is 2.80. The average molecular weight is 266 g/mol. The van der Waals surface area contributed by atoms with Crippen molar-refractivity contribution in [1.82, 2.24) is 4.57 Å². The summed E-state index contributed by atoms with van der Waals surface area (Å²) in [5.41, 5.74) is 7.08. The van der Waals surface area contributed by atoms with Crippen molar-refractivity contribution in [3.8, 4) is 17.8 Å². The number of methoxy groups -OCH3 is 1. The van der Waals surface area contributed by atoms with Crippen molar-refractivity contribution >= 4 is 11.7 Å². The van der Waals surface area contributed by atoms with Crippen LogP contribution in [0.15, 0.2) is 30.5 Å². The predicted octanol–water partition coefficient (Wildman–Crippen LogP) is 1.59. The fourth-order valence-corrected chi connectivity index (χ4v) is 1.84. The van der Waals surface area contributed by atoms with E-state index in [0.29, 0.717) is 11.3 Å². The fraction of sp³-hybridized carbons (Fsp3) is 0.0714. The van der Waals surface area contributed by atoms with Gasteiger partial charge >= 0.3 is 5.97 Å². The van der Waals surface area contributed by atoms with Crippen molar-refractivity contribution in [2.45, 2.75) is 0 Å². The van der Waals surface area contributed by atoms with E-state index in [9.17, 15) is 4.79 Å². The maximum absolute atomic E-state index is 11.8. The van der Waals surface area contributed by atoms with Gasteiger partial charge in [0.25, 0.3) is 0 Å². The molecular formula is C14H10N4O2. The van der Waals surface area contributed by atoms with Crippen LogP contribution >= 0.6 is 0 Å². The lowest BCUT2D eigenvalue weighted by atomic mass is 10.2. The van der Waals surface area contributed by atoms with E-state index in [0.717, 1.165) is 0 Å². The molecule has 2 aromatic rings. The lowest BCUT2D eigenvalue weighted by molar-refractivity contribution is 0.0593. The minimum absolute atomic E-state index is 0.0571. The van der Waals surface area contributed by atoms with Crippen LogP contribution in [0.1, 0.15) is 21.6 Å². The number of nitrogens with two attached hydrogens (primary N) is 1. The molecule has 0 amide bonds. The van der Waals surface area contributed by atoms with E-state index in [1.807, 2.05) is 12.1 Å². The molecule has 0 saturated heterocycles. The molecule has 1 aromatic heterocycles. The molecule has 98 valence electrons. The highest BCUT2D eigenvalue weighted by Gasteiger charge is 2.21. The van der Waals surface area contributed by atoms with E-state index >= 15 is 0 Å². The number of anilines is 1. The molecule has 6 nitrogen and oxygen atoms in total. The average Bonchev–Trinajstić information content (AvgIpc) is 2.83. The molecule has 0 fully saturated rings. The van der Waals surface area contributed by atoms with E-state index in [4.69, 9.17) is 16.3 Å². The lowest BCUT2D eigenvalue weighted by Gasteiger charge is -2.08. The molecule has 0 unspecified atom stereocenters. The summed E-state index contributed by atoms with van der Waals surface area (Å²) in [6.07, 6.45) is 1.44. The quantitative estimate of drug-likeness (QED) is 0.831. The second-order valence-corrected chi connectivity index (χ2v) is 3.94. The van der Waals surface area contributed by atoms with E-state index in [1.165, 1.54) is 17.9 Å². The number of nitrogen functional groups attached to an aromatic ring is 1. The Morgan fingerprint density at radius 1 is 1.35 bits per heavy atom. The van der Waals surface area contributed by atoms with Gasteiger partial charge in [0.1, 0.15) is 6.07 Å². The number of hydrogen-bond acceptors (Lipinski definition) is 5. The van der Waals surface area contributed by atoms with E-state index in [-0.39, 0.29) is 16.9 Å². The Balaban J connectivity index is 2.71. The van der Waals surface area contributed by atoms with Crippen molar-refractivity contribution in [2.75, 3.05) is 12.8 Å². The normalized spacial score (nSPS) is 9.55. The Morgan fingerprint density at radius 2 is 2.10 bits per heavy atom. The van der Waals surface area contributed by atoms with Gasteiger partial charge in [0, 0.05) is 11.9 Å². The topological polar surface area (TPSA) is 105 Å². The van der Waals surface area contributed by atoms with Crippen molar-refractivity contribution < 1.29 is 9.53 Å². The van der Waals surface area contributed by atoms with Gasteiger partial charge in [0.15, 0.2) is 5.69 Å². The molecule has 0 atom stereocenters. The first-order chi connectivity index (χ1) is 9.62. The fourth-order valence-electron chi connectivity index (χ4n) is 1.84. The number of benzene rings is 1. The molecule has 0 aliphatic carbocycles. The van der Waals surface area contributed by atoms with Crippen molar-refractivity contribution in [2.24, 2.45) is 0 Å². The van der Waals surface area contributed by atoms with E-state index in [1.54, 1.807) is 24.3 Å². The van der Waals surface area contributed by atoms with Crippen LogP contribution in [0, 0.1) is 22.7 Å². The first kappa shape index (κ1) is 13.2. The summed E-state index contributed by atoms with van der Waals surface area (Å²) in [7, 11) is 1.23. The number of carbonyl (C=O) groups excluding carboxylic acids is 1. The summed E-state index contributed by atoms with van der Waals surface area (Å²) in [5, 5.41) is 17.9. The maximum Gasteiger partial charge on any atom is 0.357 e. The minimum atomic E-state index is -0.647. The smallest absolute Gasteiger partial charge is 0.357 e. The van der Waals surface area contributed by atoms with Crippen LogP contribution in [0.3, 0.4) is 0 Å². The number of nitriles is 2. The van der Waals surface area contributed by atoms with Crippen LogP contribution in [-0.2, 0) is 4.74 Å². The number of nitrogens with zero attached hydrogens (tertiary/aromatic N) is 3. The number of carbonyl (C=O) groups is 1. The van der Waals surface area contributed by atoms with Gasteiger partial charge in [-0.1, -0.05) is 6.07 Å². The zero-order valence-corrected chi connectivity index (χ0v) is 10.6. The second-order valence-electron chi connectivity index (χ2n) is 3.94.